The van der Waals surface area contributed by atoms with E-state index in [2.05, 4.69) is 32.3 Å². The number of nitrogens with one attached hydrogen (secondary N) is 1. The van der Waals surface area contributed by atoms with Crippen LogP contribution in [0.5, 0.6) is 0 Å². The van der Waals surface area contributed by atoms with Crippen LogP contribution in [-0.2, 0) is 4.79 Å². The van der Waals surface area contributed by atoms with Crippen molar-refractivity contribution in [1.82, 2.24) is 15.0 Å². The zero-order valence-corrected chi connectivity index (χ0v) is 17.7. The van der Waals surface area contributed by atoms with Crippen LogP contribution in [0.3, 0.4) is 0 Å². The minimum Gasteiger partial charge on any atom is -0.343 e. The number of benzene rings is 1. The van der Waals surface area contributed by atoms with Crippen LogP contribution in [0.25, 0.3) is 11.1 Å². The summed E-state index contributed by atoms with van der Waals surface area (Å²) in [6.07, 6.45) is 9.57. The molecule has 31 heavy (non-hydrogen) atoms. The first kappa shape index (κ1) is 19.5. The Morgan fingerprint density at radius 3 is 2.58 bits per heavy atom. The van der Waals surface area contributed by atoms with Crippen molar-refractivity contribution in [1.29, 1.82) is 0 Å². The van der Waals surface area contributed by atoms with Crippen LogP contribution < -0.4 is 15.1 Å². The van der Waals surface area contributed by atoms with Gasteiger partial charge < -0.3 is 15.1 Å². The Hall–Kier alpha value is -3.48. The van der Waals surface area contributed by atoms with E-state index in [1.807, 2.05) is 36.1 Å². The van der Waals surface area contributed by atoms with E-state index in [1.54, 1.807) is 18.6 Å². The highest BCUT2D eigenvalue weighted by molar-refractivity contribution is 6.04. The van der Waals surface area contributed by atoms with E-state index in [1.165, 1.54) is 0 Å². The molecule has 2 aliphatic heterocycles. The smallest absolute Gasteiger partial charge is 0.249 e. The minimum atomic E-state index is -0.114. The predicted molar refractivity (Wildman–Crippen MR) is 123 cm³/mol. The van der Waals surface area contributed by atoms with Crippen LogP contribution in [0, 0.1) is 0 Å². The van der Waals surface area contributed by atoms with Crippen LogP contribution in [-0.4, -0.2) is 40.0 Å². The Morgan fingerprint density at radius 1 is 1.03 bits per heavy atom. The lowest BCUT2D eigenvalue weighted by Crippen LogP contribution is -2.53. The standard InChI is InChI=1S/C24H26N6O/c1-2-29-21-16-26-24(28-22(21)30-15-5-3-4-6-20(30)23(29)31)27-19-9-7-17(8-10-19)18-11-13-25-14-12-18/h7-14,16,20H,2-6,15H2,1H3,(H,26,27,28). The summed E-state index contributed by atoms with van der Waals surface area (Å²) >= 11 is 0. The lowest BCUT2D eigenvalue weighted by atomic mass is 10.1. The Balaban J connectivity index is 1.43. The van der Waals surface area contributed by atoms with Crippen molar-refractivity contribution in [2.24, 2.45) is 0 Å². The molecular formula is C24H26N6O. The molecule has 1 amide bonds. The molecule has 1 N–H and O–H groups in total. The van der Waals surface area contributed by atoms with Crippen LogP contribution in [0.2, 0.25) is 0 Å². The van der Waals surface area contributed by atoms with Gasteiger partial charge in [0.15, 0.2) is 5.82 Å². The molecule has 5 rings (SSSR count). The summed E-state index contributed by atoms with van der Waals surface area (Å²) in [4.78, 5) is 30.5. The van der Waals surface area contributed by atoms with Gasteiger partial charge in [-0.2, -0.15) is 4.98 Å². The van der Waals surface area contributed by atoms with Gasteiger partial charge in [0.25, 0.3) is 0 Å². The number of likely N-dealkylation sites (N-methyl/N-ethyl adjacent to an activating group) is 1. The number of hydrogen-bond acceptors (Lipinski definition) is 6. The molecule has 2 aromatic heterocycles. The molecule has 4 heterocycles. The van der Waals surface area contributed by atoms with Gasteiger partial charge in [-0.25, -0.2) is 4.98 Å². The van der Waals surface area contributed by atoms with Gasteiger partial charge in [0.1, 0.15) is 11.7 Å². The number of carbonyl (C=O) groups excluding carboxylic acids is 1. The molecular weight excluding hydrogens is 388 g/mol. The Labute approximate surface area is 182 Å². The fourth-order valence-corrected chi connectivity index (χ4v) is 4.49. The van der Waals surface area contributed by atoms with Crippen molar-refractivity contribution in [2.75, 3.05) is 28.2 Å². The first-order chi connectivity index (χ1) is 15.2. The summed E-state index contributed by atoms with van der Waals surface area (Å²) in [5, 5.41) is 3.32. The first-order valence-electron chi connectivity index (χ1n) is 11.0. The highest BCUT2D eigenvalue weighted by Crippen LogP contribution is 2.37. The number of fused-ring (bicyclic) bond motifs is 3. The molecule has 3 aromatic rings. The highest BCUT2D eigenvalue weighted by Gasteiger charge is 2.39. The van der Waals surface area contributed by atoms with Crippen molar-refractivity contribution in [2.45, 2.75) is 38.6 Å². The minimum absolute atomic E-state index is 0.114. The molecule has 0 aliphatic carbocycles. The van der Waals surface area contributed by atoms with E-state index >= 15 is 0 Å². The number of pyridine rings is 1. The summed E-state index contributed by atoms with van der Waals surface area (Å²) in [7, 11) is 0. The predicted octanol–water partition coefficient (Wildman–Crippen LogP) is 4.40. The monoisotopic (exact) mass is 414 g/mol. The van der Waals surface area contributed by atoms with Gasteiger partial charge in [0.05, 0.1) is 6.20 Å². The topological polar surface area (TPSA) is 74.2 Å². The molecule has 0 saturated carbocycles. The maximum atomic E-state index is 13.0. The SMILES string of the molecule is CCN1C(=O)C2CCCCCN2c2nc(Nc3ccc(-c4ccncc4)cc3)ncc21. The van der Waals surface area contributed by atoms with Gasteiger partial charge in [0, 0.05) is 31.2 Å². The molecule has 1 unspecified atom stereocenters. The molecule has 0 spiro atoms. The normalized spacial score (nSPS) is 18.2. The third kappa shape index (κ3) is 3.71. The van der Waals surface area contributed by atoms with E-state index < -0.39 is 0 Å². The Kier molecular flexibility index (Phi) is 5.24. The molecule has 7 heteroatoms. The van der Waals surface area contributed by atoms with Gasteiger partial charge in [-0.3, -0.25) is 9.78 Å². The largest absolute Gasteiger partial charge is 0.343 e. The fraction of sp³-hybridized carbons (Fsp3) is 0.333. The lowest BCUT2D eigenvalue weighted by Gasteiger charge is -2.40. The number of anilines is 4. The molecule has 2 aliphatic rings. The summed E-state index contributed by atoms with van der Waals surface area (Å²) in [5.41, 5.74) is 3.99. The van der Waals surface area contributed by atoms with Crippen LogP contribution in [0.15, 0.2) is 55.0 Å². The molecule has 158 valence electrons. The molecule has 1 fully saturated rings. The van der Waals surface area contributed by atoms with Gasteiger partial charge in [-0.05, 0) is 55.2 Å². The number of hydrogen-bond donors (Lipinski definition) is 1. The zero-order valence-electron chi connectivity index (χ0n) is 17.7. The number of amides is 1. The van der Waals surface area contributed by atoms with E-state index in [4.69, 9.17) is 4.98 Å². The zero-order chi connectivity index (χ0) is 21.2. The average Bonchev–Trinajstić information content (AvgIpc) is 3.08. The van der Waals surface area contributed by atoms with Crippen LogP contribution in [0.1, 0.15) is 32.6 Å². The second kappa shape index (κ2) is 8.34. The van der Waals surface area contributed by atoms with Gasteiger partial charge >= 0.3 is 0 Å². The molecule has 7 nitrogen and oxygen atoms in total. The maximum absolute atomic E-state index is 13.0. The van der Waals surface area contributed by atoms with Gasteiger partial charge in [0.2, 0.25) is 11.9 Å². The molecule has 0 bridgehead atoms. The van der Waals surface area contributed by atoms with Gasteiger partial charge in [-0.15, -0.1) is 0 Å². The summed E-state index contributed by atoms with van der Waals surface area (Å²) < 4.78 is 0. The maximum Gasteiger partial charge on any atom is 0.249 e. The van der Waals surface area contributed by atoms with Gasteiger partial charge in [-0.1, -0.05) is 25.0 Å². The number of carbonyl (C=O) groups is 1. The van der Waals surface area contributed by atoms with E-state index in [-0.39, 0.29) is 11.9 Å². The van der Waals surface area contributed by atoms with E-state index in [0.717, 1.165) is 60.5 Å². The quantitative estimate of drug-likeness (QED) is 0.682. The van der Waals surface area contributed by atoms with E-state index in [9.17, 15) is 4.79 Å². The fourth-order valence-electron chi connectivity index (χ4n) is 4.49. The molecule has 1 atom stereocenters. The highest BCUT2D eigenvalue weighted by atomic mass is 16.2. The van der Waals surface area contributed by atoms with E-state index in [0.29, 0.717) is 12.5 Å². The van der Waals surface area contributed by atoms with Crippen molar-refractivity contribution in [3.63, 3.8) is 0 Å². The summed E-state index contributed by atoms with van der Waals surface area (Å²) in [5.74, 6) is 1.58. The van der Waals surface area contributed by atoms with Crippen molar-refractivity contribution in [3.8, 4) is 11.1 Å². The number of aromatic nitrogens is 3. The summed E-state index contributed by atoms with van der Waals surface area (Å²) in [6, 6.07) is 12.1. The number of nitrogens with zero attached hydrogens (tertiary/aromatic N) is 5. The third-order valence-corrected chi connectivity index (χ3v) is 6.09. The molecule has 0 radical (unpaired) electrons. The molecule has 1 aromatic carbocycles. The van der Waals surface area contributed by atoms with Crippen molar-refractivity contribution in [3.05, 3.63) is 55.0 Å². The second-order valence-electron chi connectivity index (χ2n) is 7.98. The second-order valence-corrected chi connectivity index (χ2v) is 7.98. The average molecular weight is 415 g/mol. The third-order valence-electron chi connectivity index (χ3n) is 6.09. The van der Waals surface area contributed by atoms with Crippen LogP contribution in [0.4, 0.5) is 23.1 Å². The number of rotatable bonds is 4. The van der Waals surface area contributed by atoms with Crippen molar-refractivity contribution < 1.29 is 4.79 Å². The first-order valence-corrected chi connectivity index (χ1v) is 11.0. The van der Waals surface area contributed by atoms with Crippen LogP contribution >= 0.6 is 0 Å². The Morgan fingerprint density at radius 2 is 1.81 bits per heavy atom. The van der Waals surface area contributed by atoms with Crippen molar-refractivity contribution >= 4 is 29.0 Å². The summed E-state index contributed by atoms with van der Waals surface area (Å²) in [6.45, 7) is 3.49. The Bertz CT molecular complexity index is 1070. The lowest BCUT2D eigenvalue weighted by molar-refractivity contribution is -0.120. The molecule has 1 saturated heterocycles.